The van der Waals surface area contributed by atoms with Crippen LogP contribution >= 0.6 is 0 Å². The average Bonchev–Trinajstić information content (AvgIpc) is 3.08. The average molecular weight is 340 g/mol. The van der Waals surface area contributed by atoms with Gasteiger partial charge in [-0.15, -0.1) is 0 Å². The second-order valence-electron chi connectivity index (χ2n) is 6.39. The van der Waals surface area contributed by atoms with E-state index in [0.29, 0.717) is 12.2 Å². The second-order valence-corrected chi connectivity index (χ2v) is 6.39. The zero-order valence-electron chi connectivity index (χ0n) is 14.3. The molecule has 0 aliphatic carbocycles. The minimum atomic E-state index is -0.687. The van der Waals surface area contributed by atoms with Crippen LogP contribution in [0.3, 0.4) is 0 Å². The van der Waals surface area contributed by atoms with Crippen molar-refractivity contribution in [3.05, 3.63) is 60.3 Å². The van der Waals surface area contributed by atoms with Crippen LogP contribution in [0.2, 0.25) is 0 Å². The Bertz CT molecular complexity index is 682. The molecule has 0 radical (unpaired) electrons. The van der Waals surface area contributed by atoms with Gasteiger partial charge in [-0.25, -0.2) is 0 Å². The van der Waals surface area contributed by atoms with E-state index in [1.54, 1.807) is 36.7 Å². The molecule has 2 aromatic heterocycles. The van der Waals surface area contributed by atoms with Crippen LogP contribution in [-0.2, 0) is 4.79 Å². The summed E-state index contributed by atoms with van der Waals surface area (Å²) in [4.78, 5) is 18.8. The van der Waals surface area contributed by atoms with Crippen LogP contribution in [0.25, 0.3) is 6.08 Å². The lowest BCUT2D eigenvalue weighted by atomic mass is 10.0. The number of aliphatic hydroxyl groups is 1. The highest BCUT2D eigenvalue weighted by Gasteiger charge is 2.27. The van der Waals surface area contributed by atoms with Crippen LogP contribution < -0.4 is 0 Å². The van der Waals surface area contributed by atoms with Crippen LogP contribution in [0.5, 0.6) is 0 Å². The van der Waals surface area contributed by atoms with Crippen molar-refractivity contribution in [1.82, 2.24) is 9.88 Å². The summed E-state index contributed by atoms with van der Waals surface area (Å²) < 4.78 is 5.29. The number of carbonyl (C=O) groups excluding carboxylic acids is 1. The van der Waals surface area contributed by atoms with E-state index in [1.807, 2.05) is 23.1 Å². The number of furan rings is 1. The summed E-state index contributed by atoms with van der Waals surface area (Å²) >= 11 is 0. The Balaban J connectivity index is 1.69. The first-order valence-electron chi connectivity index (χ1n) is 8.85. The summed E-state index contributed by atoms with van der Waals surface area (Å²) in [6.07, 6.45) is 10.5. The Morgan fingerprint density at radius 1 is 1.32 bits per heavy atom. The summed E-state index contributed by atoms with van der Waals surface area (Å²) in [5, 5.41) is 10.4. The Morgan fingerprint density at radius 2 is 2.24 bits per heavy atom. The number of carbonyl (C=O) groups is 1. The molecule has 1 N–H and O–H groups in total. The summed E-state index contributed by atoms with van der Waals surface area (Å²) in [6.45, 7) is 0.723. The zero-order chi connectivity index (χ0) is 17.5. The monoisotopic (exact) mass is 340 g/mol. The van der Waals surface area contributed by atoms with Crippen LogP contribution in [0.4, 0.5) is 0 Å². The Kier molecular flexibility index (Phi) is 6.01. The molecule has 1 fully saturated rings. The fraction of sp³-hybridized carbons (Fsp3) is 0.400. The molecule has 1 aliphatic heterocycles. The van der Waals surface area contributed by atoms with Crippen molar-refractivity contribution in [2.45, 2.75) is 44.2 Å². The van der Waals surface area contributed by atoms with Crippen molar-refractivity contribution in [3.63, 3.8) is 0 Å². The van der Waals surface area contributed by atoms with Crippen molar-refractivity contribution in [3.8, 4) is 0 Å². The first-order valence-corrected chi connectivity index (χ1v) is 8.85. The first kappa shape index (κ1) is 17.4. The molecule has 25 heavy (non-hydrogen) atoms. The van der Waals surface area contributed by atoms with Gasteiger partial charge in [-0.2, -0.15) is 0 Å². The van der Waals surface area contributed by atoms with Crippen molar-refractivity contribution in [2.75, 3.05) is 6.54 Å². The predicted octanol–water partition coefficient (Wildman–Crippen LogP) is 3.58. The summed E-state index contributed by atoms with van der Waals surface area (Å²) in [6, 6.07) is 9.16. The van der Waals surface area contributed by atoms with E-state index in [-0.39, 0.29) is 11.9 Å². The smallest absolute Gasteiger partial charge is 0.246 e. The van der Waals surface area contributed by atoms with Gasteiger partial charge in [0.05, 0.1) is 12.0 Å². The predicted molar refractivity (Wildman–Crippen MR) is 95.5 cm³/mol. The van der Waals surface area contributed by atoms with E-state index in [9.17, 15) is 9.90 Å². The first-order chi connectivity index (χ1) is 12.2. The van der Waals surface area contributed by atoms with Crippen molar-refractivity contribution >= 4 is 12.0 Å². The third-order valence-corrected chi connectivity index (χ3v) is 4.61. The zero-order valence-corrected chi connectivity index (χ0v) is 14.3. The lowest BCUT2D eigenvalue weighted by Crippen LogP contribution is -2.40. The number of rotatable bonds is 5. The van der Waals surface area contributed by atoms with Crippen molar-refractivity contribution < 1.29 is 14.3 Å². The van der Waals surface area contributed by atoms with Gasteiger partial charge in [-0.05, 0) is 43.2 Å². The SMILES string of the molecule is O=C(/C=C/c1ccccn1)N1CCCCCC1CC(O)c1ccco1. The fourth-order valence-corrected chi connectivity index (χ4v) is 3.29. The third kappa shape index (κ3) is 4.79. The molecule has 2 unspecified atom stereocenters. The lowest BCUT2D eigenvalue weighted by Gasteiger charge is -2.30. The normalized spacial score (nSPS) is 19.7. The highest BCUT2D eigenvalue weighted by molar-refractivity contribution is 5.91. The lowest BCUT2D eigenvalue weighted by molar-refractivity contribution is -0.128. The van der Waals surface area contributed by atoms with Gasteiger partial charge in [0.25, 0.3) is 0 Å². The van der Waals surface area contributed by atoms with E-state index in [0.717, 1.165) is 37.9 Å². The Hall–Kier alpha value is -2.40. The second kappa shape index (κ2) is 8.62. The molecule has 1 saturated heterocycles. The van der Waals surface area contributed by atoms with E-state index in [1.165, 1.54) is 0 Å². The molecule has 132 valence electrons. The maximum atomic E-state index is 12.7. The van der Waals surface area contributed by atoms with Crippen LogP contribution in [0.1, 0.15) is 49.7 Å². The highest BCUT2D eigenvalue weighted by atomic mass is 16.4. The molecule has 1 amide bonds. The molecule has 5 heteroatoms. The molecule has 0 aromatic carbocycles. The number of pyridine rings is 1. The standard InChI is InChI=1S/C20H24N2O3/c23-18(19-9-6-14-25-19)15-17-8-2-1-5-13-22(17)20(24)11-10-16-7-3-4-12-21-16/h3-4,6-7,9-12,14,17-18,23H,1-2,5,8,13,15H2/b11-10+. The number of aliphatic hydroxyl groups excluding tert-OH is 1. The molecule has 0 bridgehead atoms. The molecule has 5 nitrogen and oxygen atoms in total. The summed E-state index contributed by atoms with van der Waals surface area (Å²) in [5.74, 6) is 0.532. The topological polar surface area (TPSA) is 66.6 Å². The van der Waals surface area contributed by atoms with Crippen LogP contribution in [-0.4, -0.2) is 33.5 Å². The van der Waals surface area contributed by atoms with E-state index < -0.39 is 6.10 Å². The number of amides is 1. The summed E-state index contributed by atoms with van der Waals surface area (Å²) in [7, 11) is 0. The number of aromatic nitrogens is 1. The van der Waals surface area contributed by atoms with Gasteiger partial charge in [0.1, 0.15) is 11.9 Å². The molecule has 3 rings (SSSR count). The molecule has 2 aromatic rings. The molecule has 0 saturated carbocycles. The van der Waals surface area contributed by atoms with Gasteiger partial charge < -0.3 is 14.4 Å². The number of likely N-dealkylation sites (tertiary alicyclic amines) is 1. The quantitative estimate of drug-likeness (QED) is 0.845. The minimum absolute atomic E-state index is 0.0171. The van der Waals surface area contributed by atoms with Crippen molar-refractivity contribution in [1.29, 1.82) is 0 Å². The molecular formula is C20H24N2O3. The number of hydrogen-bond acceptors (Lipinski definition) is 4. The van der Waals surface area contributed by atoms with E-state index in [2.05, 4.69) is 4.98 Å². The van der Waals surface area contributed by atoms with Gasteiger partial charge in [-0.1, -0.05) is 18.9 Å². The van der Waals surface area contributed by atoms with E-state index in [4.69, 9.17) is 4.42 Å². The van der Waals surface area contributed by atoms with Gasteiger partial charge >= 0.3 is 0 Å². The van der Waals surface area contributed by atoms with Crippen LogP contribution in [0, 0.1) is 0 Å². The van der Waals surface area contributed by atoms with Crippen LogP contribution in [0.15, 0.2) is 53.3 Å². The molecule has 2 atom stereocenters. The van der Waals surface area contributed by atoms with Gasteiger partial charge in [0, 0.05) is 31.3 Å². The maximum Gasteiger partial charge on any atom is 0.246 e. The largest absolute Gasteiger partial charge is 0.467 e. The molecule has 0 spiro atoms. The number of nitrogens with zero attached hydrogens (tertiary/aromatic N) is 2. The Labute approximate surface area is 148 Å². The van der Waals surface area contributed by atoms with E-state index >= 15 is 0 Å². The highest BCUT2D eigenvalue weighted by Crippen LogP contribution is 2.27. The summed E-state index contributed by atoms with van der Waals surface area (Å²) in [5.41, 5.74) is 0.762. The minimum Gasteiger partial charge on any atom is -0.467 e. The maximum absolute atomic E-state index is 12.7. The van der Waals surface area contributed by atoms with Gasteiger partial charge in [0.15, 0.2) is 0 Å². The van der Waals surface area contributed by atoms with Gasteiger partial charge in [-0.3, -0.25) is 9.78 Å². The third-order valence-electron chi connectivity index (χ3n) is 4.61. The molecular weight excluding hydrogens is 316 g/mol. The number of hydrogen-bond donors (Lipinski definition) is 1. The Morgan fingerprint density at radius 3 is 3.00 bits per heavy atom. The molecule has 3 heterocycles. The fourth-order valence-electron chi connectivity index (χ4n) is 3.29. The molecule has 1 aliphatic rings. The van der Waals surface area contributed by atoms with Crippen molar-refractivity contribution in [2.24, 2.45) is 0 Å². The van der Waals surface area contributed by atoms with Gasteiger partial charge in [0.2, 0.25) is 5.91 Å².